The fraction of sp³-hybridized carbons (Fsp3) is 0.391. The SMILES string of the molecule is CC(OC(=O)CCOc1ccccc1)C(=O)Nc1cc(S(=O)(=O)N2CCCCC2)ccc1Cl. The van der Waals surface area contributed by atoms with Crippen LogP contribution < -0.4 is 10.1 Å². The number of carbonyl (C=O) groups is 2. The number of anilines is 1. The number of carbonyl (C=O) groups excluding carboxylic acids is 2. The van der Waals surface area contributed by atoms with Crippen LogP contribution in [0.1, 0.15) is 32.6 Å². The molecule has 1 unspecified atom stereocenters. The molecular weight excluding hydrogens is 468 g/mol. The van der Waals surface area contributed by atoms with Crippen molar-refractivity contribution < 1.29 is 27.5 Å². The van der Waals surface area contributed by atoms with Crippen LogP contribution >= 0.6 is 11.6 Å². The molecule has 1 saturated heterocycles. The molecule has 1 aliphatic rings. The van der Waals surface area contributed by atoms with E-state index in [1.807, 2.05) is 18.2 Å². The molecule has 10 heteroatoms. The summed E-state index contributed by atoms with van der Waals surface area (Å²) in [6.07, 6.45) is 1.50. The Morgan fingerprint density at radius 2 is 1.79 bits per heavy atom. The van der Waals surface area contributed by atoms with E-state index in [-0.39, 0.29) is 28.6 Å². The first-order chi connectivity index (χ1) is 15.8. The molecule has 0 aromatic heterocycles. The number of nitrogens with one attached hydrogen (secondary N) is 1. The van der Waals surface area contributed by atoms with Crippen LogP contribution in [0.15, 0.2) is 53.4 Å². The lowest BCUT2D eigenvalue weighted by atomic mass is 10.2. The highest BCUT2D eigenvalue weighted by molar-refractivity contribution is 7.89. The van der Waals surface area contributed by atoms with E-state index in [4.69, 9.17) is 21.1 Å². The molecule has 178 valence electrons. The van der Waals surface area contributed by atoms with Crippen molar-refractivity contribution in [3.05, 3.63) is 53.6 Å². The Bertz CT molecular complexity index is 1070. The molecule has 8 nitrogen and oxygen atoms in total. The summed E-state index contributed by atoms with van der Waals surface area (Å²) in [5, 5.41) is 2.73. The van der Waals surface area contributed by atoms with Gasteiger partial charge in [-0.25, -0.2) is 8.42 Å². The van der Waals surface area contributed by atoms with E-state index in [1.54, 1.807) is 12.1 Å². The number of para-hydroxylation sites is 1. The Morgan fingerprint density at radius 3 is 2.48 bits per heavy atom. The van der Waals surface area contributed by atoms with E-state index in [0.717, 1.165) is 19.3 Å². The van der Waals surface area contributed by atoms with Gasteiger partial charge in [0, 0.05) is 13.1 Å². The number of sulfonamides is 1. The summed E-state index contributed by atoms with van der Waals surface area (Å²) in [7, 11) is -3.69. The molecule has 1 amide bonds. The minimum absolute atomic E-state index is 0.0309. The molecule has 1 aliphatic heterocycles. The standard InChI is InChI=1S/C23H27ClN2O6S/c1-17(32-22(27)12-15-31-18-8-4-2-5-9-18)23(28)25-21-16-19(10-11-20(21)24)33(29,30)26-13-6-3-7-14-26/h2,4-5,8-11,16-17H,3,6-7,12-15H2,1H3,(H,25,28). The molecule has 1 atom stereocenters. The van der Waals surface area contributed by atoms with Gasteiger partial charge in [0.05, 0.1) is 28.6 Å². The number of halogens is 1. The van der Waals surface area contributed by atoms with Crippen LogP contribution in [0.2, 0.25) is 5.02 Å². The van der Waals surface area contributed by atoms with E-state index >= 15 is 0 Å². The third-order valence-corrected chi connectivity index (χ3v) is 7.37. The first kappa shape index (κ1) is 25.0. The number of hydrogen-bond donors (Lipinski definition) is 1. The van der Waals surface area contributed by atoms with E-state index < -0.39 is 28.0 Å². The zero-order chi connectivity index (χ0) is 23.8. The Labute approximate surface area is 198 Å². The monoisotopic (exact) mass is 494 g/mol. The fourth-order valence-electron chi connectivity index (χ4n) is 3.33. The van der Waals surface area contributed by atoms with E-state index in [9.17, 15) is 18.0 Å². The molecule has 1 fully saturated rings. The maximum atomic E-state index is 12.9. The van der Waals surface area contributed by atoms with Gasteiger partial charge in [0.25, 0.3) is 5.91 Å². The second kappa shape index (κ2) is 11.5. The second-order valence-electron chi connectivity index (χ2n) is 7.64. The lowest BCUT2D eigenvalue weighted by Crippen LogP contribution is -2.35. The summed E-state index contributed by atoms with van der Waals surface area (Å²) in [5.74, 6) is -0.590. The highest BCUT2D eigenvalue weighted by Gasteiger charge is 2.27. The Kier molecular flexibility index (Phi) is 8.71. The first-order valence-electron chi connectivity index (χ1n) is 10.8. The minimum atomic E-state index is -3.69. The van der Waals surface area contributed by atoms with Crippen molar-refractivity contribution in [1.82, 2.24) is 4.31 Å². The van der Waals surface area contributed by atoms with Crippen molar-refractivity contribution in [2.24, 2.45) is 0 Å². The molecule has 2 aromatic rings. The van der Waals surface area contributed by atoms with E-state index in [2.05, 4.69) is 5.32 Å². The molecule has 3 rings (SSSR count). The first-order valence-corrected chi connectivity index (χ1v) is 12.6. The van der Waals surface area contributed by atoms with Crippen molar-refractivity contribution in [2.75, 3.05) is 25.0 Å². The van der Waals surface area contributed by atoms with Crippen LogP contribution in [0.25, 0.3) is 0 Å². The normalized spacial score (nSPS) is 15.5. The molecule has 0 radical (unpaired) electrons. The zero-order valence-corrected chi connectivity index (χ0v) is 19.9. The smallest absolute Gasteiger partial charge is 0.310 e. The van der Waals surface area contributed by atoms with Gasteiger partial charge >= 0.3 is 5.97 Å². The number of hydrogen-bond acceptors (Lipinski definition) is 6. The maximum absolute atomic E-state index is 12.9. The highest BCUT2D eigenvalue weighted by atomic mass is 35.5. The van der Waals surface area contributed by atoms with Gasteiger partial charge in [0.1, 0.15) is 5.75 Å². The molecule has 2 aromatic carbocycles. The molecular formula is C23H27ClN2O6S. The summed E-state index contributed by atoms with van der Waals surface area (Å²) < 4.78 is 37.9. The summed E-state index contributed by atoms with van der Waals surface area (Å²) in [6, 6.07) is 13.2. The maximum Gasteiger partial charge on any atom is 0.310 e. The van der Waals surface area contributed by atoms with E-state index in [1.165, 1.54) is 29.4 Å². The van der Waals surface area contributed by atoms with Crippen molar-refractivity contribution >= 4 is 39.2 Å². The van der Waals surface area contributed by atoms with Gasteiger partial charge in [0.15, 0.2) is 6.10 Å². The third kappa shape index (κ3) is 6.93. The number of esters is 1. The fourth-order valence-corrected chi connectivity index (χ4v) is 5.04. The Hall–Kier alpha value is -2.62. The molecule has 0 saturated carbocycles. The van der Waals surface area contributed by atoms with Crippen molar-refractivity contribution in [3.63, 3.8) is 0 Å². The second-order valence-corrected chi connectivity index (χ2v) is 9.98. The van der Waals surface area contributed by atoms with Crippen molar-refractivity contribution in [1.29, 1.82) is 0 Å². The summed E-state index contributed by atoms with van der Waals surface area (Å²) in [5.41, 5.74) is 0.134. The number of benzene rings is 2. The van der Waals surface area contributed by atoms with Gasteiger partial charge in [-0.2, -0.15) is 4.31 Å². The van der Waals surface area contributed by atoms with Crippen LogP contribution in [-0.4, -0.2) is 50.4 Å². The van der Waals surface area contributed by atoms with Gasteiger partial charge in [-0.3, -0.25) is 9.59 Å². The van der Waals surface area contributed by atoms with Crippen molar-refractivity contribution in [3.8, 4) is 5.75 Å². The average molecular weight is 495 g/mol. The quantitative estimate of drug-likeness (QED) is 0.531. The van der Waals surface area contributed by atoms with Gasteiger partial charge < -0.3 is 14.8 Å². The lowest BCUT2D eigenvalue weighted by Gasteiger charge is -2.26. The van der Waals surface area contributed by atoms with Crippen LogP contribution in [0.4, 0.5) is 5.69 Å². The summed E-state index contributed by atoms with van der Waals surface area (Å²) >= 11 is 6.17. The number of piperidine rings is 1. The van der Waals surface area contributed by atoms with Gasteiger partial charge in [-0.05, 0) is 50.1 Å². The van der Waals surface area contributed by atoms with Crippen LogP contribution in [0.3, 0.4) is 0 Å². The largest absolute Gasteiger partial charge is 0.493 e. The molecule has 0 aliphatic carbocycles. The average Bonchev–Trinajstić information content (AvgIpc) is 2.81. The highest BCUT2D eigenvalue weighted by Crippen LogP contribution is 2.28. The molecule has 1 N–H and O–H groups in total. The molecule has 0 bridgehead atoms. The number of ether oxygens (including phenoxy) is 2. The Balaban J connectivity index is 1.56. The number of rotatable bonds is 9. The summed E-state index contributed by atoms with van der Waals surface area (Å²) in [6.45, 7) is 2.47. The van der Waals surface area contributed by atoms with Crippen LogP contribution in [-0.2, 0) is 24.3 Å². The van der Waals surface area contributed by atoms with Crippen molar-refractivity contribution in [2.45, 2.75) is 43.6 Å². The predicted octanol–water partition coefficient (Wildman–Crippen LogP) is 3.85. The minimum Gasteiger partial charge on any atom is -0.493 e. The Morgan fingerprint density at radius 1 is 1.09 bits per heavy atom. The topological polar surface area (TPSA) is 102 Å². The predicted molar refractivity (Wildman–Crippen MR) is 125 cm³/mol. The molecule has 1 heterocycles. The van der Waals surface area contributed by atoms with Gasteiger partial charge in [-0.1, -0.05) is 36.2 Å². The van der Waals surface area contributed by atoms with Gasteiger partial charge in [0.2, 0.25) is 10.0 Å². The third-order valence-electron chi connectivity index (χ3n) is 5.14. The molecule has 0 spiro atoms. The van der Waals surface area contributed by atoms with E-state index in [0.29, 0.717) is 18.8 Å². The van der Waals surface area contributed by atoms with Crippen LogP contribution in [0.5, 0.6) is 5.75 Å². The zero-order valence-electron chi connectivity index (χ0n) is 18.3. The number of amides is 1. The van der Waals surface area contributed by atoms with Gasteiger partial charge in [-0.15, -0.1) is 0 Å². The number of nitrogens with zero attached hydrogens (tertiary/aromatic N) is 1. The van der Waals surface area contributed by atoms with Crippen LogP contribution in [0, 0.1) is 0 Å². The summed E-state index contributed by atoms with van der Waals surface area (Å²) in [4.78, 5) is 24.6. The lowest BCUT2D eigenvalue weighted by molar-refractivity contribution is -0.153. The molecule has 33 heavy (non-hydrogen) atoms.